The van der Waals surface area contributed by atoms with E-state index in [-0.39, 0.29) is 11.6 Å². The molecule has 0 spiro atoms. The van der Waals surface area contributed by atoms with Crippen LogP contribution >= 0.6 is 11.6 Å². The number of aryl methyl sites for hydroxylation is 2. The number of hydrogen-bond donors (Lipinski definition) is 1. The van der Waals surface area contributed by atoms with Crippen LogP contribution < -0.4 is 10.9 Å². The molecular weight excluding hydrogens is 478 g/mol. The second kappa shape index (κ2) is 10.7. The number of benzene rings is 1. The standard InChI is InChI=1S/C27H28ClN5O3/c1-17-5-3-6-24(30-17)18-7-8-21(23(28)14-18)22-13-19-15-29-27(31-20-9-12-36-16-20)32-25(19)33(26(22)34)10-4-11-35-2/h3,5-8,13-15,20H,4,9-12,16H2,1-2H3,(H,29,31,32)/t20-/m1/s1. The minimum atomic E-state index is -0.157. The van der Waals surface area contributed by atoms with Crippen LogP contribution in [0.4, 0.5) is 5.95 Å². The molecule has 9 heteroatoms. The molecule has 1 saturated heterocycles. The van der Waals surface area contributed by atoms with Crippen molar-refractivity contribution in [3.8, 4) is 22.4 Å². The predicted octanol–water partition coefficient (Wildman–Crippen LogP) is 4.72. The van der Waals surface area contributed by atoms with Crippen molar-refractivity contribution in [1.82, 2.24) is 19.5 Å². The molecule has 1 atom stereocenters. The summed E-state index contributed by atoms with van der Waals surface area (Å²) in [7, 11) is 1.65. The van der Waals surface area contributed by atoms with E-state index >= 15 is 0 Å². The number of aromatic nitrogens is 4. The zero-order valence-corrected chi connectivity index (χ0v) is 21.1. The minimum absolute atomic E-state index is 0.157. The molecule has 0 unspecified atom stereocenters. The van der Waals surface area contributed by atoms with Crippen LogP contribution in [0.3, 0.4) is 0 Å². The first kappa shape index (κ1) is 24.4. The molecule has 0 aliphatic carbocycles. The Morgan fingerprint density at radius 1 is 1.19 bits per heavy atom. The fraction of sp³-hybridized carbons (Fsp3) is 0.333. The number of nitrogens with one attached hydrogen (secondary N) is 1. The van der Waals surface area contributed by atoms with Crippen molar-refractivity contribution < 1.29 is 9.47 Å². The van der Waals surface area contributed by atoms with Crippen LogP contribution in [0.1, 0.15) is 18.5 Å². The fourth-order valence-corrected chi connectivity index (χ4v) is 4.71. The van der Waals surface area contributed by atoms with E-state index in [1.54, 1.807) is 17.9 Å². The molecule has 0 amide bonds. The SMILES string of the molecule is COCCCn1c(=O)c(-c2ccc(-c3cccc(C)n3)cc2Cl)cc2cnc(N[C@@H]3CCOC3)nc21. The van der Waals surface area contributed by atoms with E-state index in [9.17, 15) is 4.79 Å². The Bertz CT molecular complexity index is 1450. The molecule has 0 saturated carbocycles. The Hall–Kier alpha value is -3.33. The van der Waals surface area contributed by atoms with Gasteiger partial charge in [-0.25, -0.2) is 4.98 Å². The maximum absolute atomic E-state index is 13.7. The highest BCUT2D eigenvalue weighted by atomic mass is 35.5. The van der Waals surface area contributed by atoms with Crippen LogP contribution in [0.2, 0.25) is 5.02 Å². The van der Waals surface area contributed by atoms with E-state index in [4.69, 9.17) is 26.1 Å². The van der Waals surface area contributed by atoms with Crippen LogP contribution in [0.15, 0.2) is 53.5 Å². The summed E-state index contributed by atoms with van der Waals surface area (Å²) in [5.74, 6) is 0.485. The normalized spacial score (nSPS) is 15.5. The van der Waals surface area contributed by atoms with Gasteiger partial charge in [-0.2, -0.15) is 4.98 Å². The number of anilines is 1. The average Bonchev–Trinajstić information content (AvgIpc) is 3.38. The van der Waals surface area contributed by atoms with Crippen LogP contribution in [-0.2, 0) is 16.0 Å². The number of rotatable bonds is 8. The molecule has 4 heterocycles. The number of methoxy groups -OCH3 is 1. The molecule has 0 radical (unpaired) electrons. The van der Waals surface area contributed by atoms with Crippen LogP contribution in [0.5, 0.6) is 0 Å². The number of pyridine rings is 2. The lowest BCUT2D eigenvalue weighted by atomic mass is 10.0. The van der Waals surface area contributed by atoms with E-state index < -0.39 is 0 Å². The third kappa shape index (κ3) is 5.11. The molecule has 1 N–H and O–H groups in total. The fourth-order valence-electron chi connectivity index (χ4n) is 4.42. The summed E-state index contributed by atoms with van der Waals surface area (Å²) in [6.45, 7) is 4.28. The number of nitrogens with zero attached hydrogens (tertiary/aromatic N) is 4. The molecule has 0 bridgehead atoms. The van der Waals surface area contributed by atoms with E-state index in [2.05, 4.69) is 15.3 Å². The Labute approximate surface area is 214 Å². The average molecular weight is 506 g/mol. The van der Waals surface area contributed by atoms with Gasteiger partial charge in [0.1, 0.15) is 5.65 Å². The molecule has 1 aliphatic heterocycles. The van der Waals surface area contributed by atoms with Crippen molar-refractivity contribution in [3.63, 3.8) is 0 Å². The zero-order chi connectivity index (χ0) is 25.1. The molecule has 3 aromatic heterocycles. The van der Waals surface area contributed by atoms with Crippen molar-refractivity contribution in [1.29, 1.82) is 0 Å². The first-order valence-corrected chi connectivity index (χ1v) is 12.4. The molecule has 4 aromatic rings. The monoisotopic (exact) mass is 505 g/mol. The third-order valence-corrected chi connectivity index (χ3v) is 6.58. The first-order chi connectivity index (χ1) is 17.5. The summed E-state index contributed by atoms with van der Waals surface area (Å²) in [5.41, 5.74) is 4.23. The van der Waals surface area contributed by atoms with Crippen molar-refractivity contribution in [2.45, 2.75) is 32.4 Å². The molecule has 1 fully saturated rings. The highest BCUT2D eigenvalue weighted by Gasteiger charge is 2.19. The molecule has 36 heavy (non-hydrogen) atoms. The third-order valence-electron chi connectivity index (χ3n) is 6.26. The molecule has 1 aliphatic rings. The summed E-state index contributed by atoms with van der Waals surface area (Å²) in [6, 6.07) is 13.5. The van der Waals surface area contributed by atoms with Crippen LogP contribution in [0.25, 0.3) is 33.4 Å². The highest BCUT2D eigenvalue weighted by molar-refractivity contribution is 6.33. The quantitative estimate of drug-likeness (QED) is 0.346. The van der Waals surface area contributed by atoms with Crippen LogP contribution in [0, 0.1) is 6.92 Å². The summed E-state index contributed by atoms with van der Waals surface area (Å²) in [5, 5.41) is 4.56. The maximum atomic E-state index is 13.7. The minimum Gasteiger partial charge on any atom is -0.385 e. The van der Waals surface area contributed by atoms with Gasteiger partial charge in [0.15, 0.2) is 0 Å². The van der Waals surface area contributed by atoms with Gasteiger partial charge < -0.3 is 14.8 Å². The summed E-state index contributed by atoms with van der Waals surface area (Å²) < 4.78 is 12.4. The highest BCUT2D eigenvalue weighted by Crippen LogP contribution is 2.31. The van der Waals surface area contributed by atoms with Gasteiger partial charge in [0, 0.05) is 65.9 Å². The van der Waals surface area contributed by atoms with Gasteiger partial charge in [-0.05, 0) is 44.0 Å². The Morgan fingerprint density at radius 3 is 2.83 bits per heavy atom. The predicted molar refractivity (Wildman–Crippen MR) is 142 cm³/mol. The number of fused-ring (bicyclic) bond motifs is 1. The van der Waals surface area contributed by atoms with Gasteiger partial charge in [0.25, 0.3) is 5.56 Å². The molecule has 8 nitrogen and oxygen atoms in total. The lowest BCUT2D eigenvalue weighted by molar-refractivity contribution is 0.190. The number of hydrogen-bond acceptors (Lipinski definition) is 7. The summed E-state index contributed by atoms with van der Waals surface area (Å²) in [4.78, 5) is 27.5. The van der Waals surface area contributed by atoms with E-state index in [0.717, 1.165) is 35.4 Å². The second-order valence-electron chi connectivity index (χ2n) is 8.90. The van der Waals surface area contributed by atoms with Gasteiger partial charge in [-0.1, -0.05) is 29.8 Å². The topological polar surface area (TPSA) is 91.2 Å². The van der Waals surface area contributed by atoms with Crippen molar-refractivity contribution >= 4 is 28.6 Å². The van der Waals surface area contributed by atoms with Gasteiger partial charge in [-0.3, -0.25) is 14.3 Å². The Balaban J connectivity index is 1.57. The largest absolute Gasteiger partial charge is 0.385 e. The van der Waals surface area contributed by atoms with Gasteiger partial charge in [0.05, 0.1) is 18.3 Å². The van der Waals surface area contributed by atoms with Crippen molar-refractivity contribution in [2.75, 3.05) is 32.2 Å². The van der Waals surface area contributed by atoms with E-state index in [1.165, 1.54) is 0 Å². The van der Waals surface area contributed by atoms with E-state index in [0.29, 0.717) is 53.9 Å². The molecule has 5 rings (SSSR count). The number of ether oxygens (including phenoxy) is 2. The van der Waals surface area contributed by atoms with Gasteiger partial charge >= 0.3 is 0 Å². The Kier molecular flexibility index (Phi) is 7.27. The molecule has 186 valence electrons. The smallest absolute Gasteiger partial charge is 0.260 e. The van der Waals surface area contributed by atoms with Crippen molar-refractivity contribution in [2.24, 2.45) is 0 Å². The van der Waals surface area contributed by atoms with Crippen molar-refractivity contribution in [3.05, 3.63) is 69.7 Å². The van der Waals surface area contributed by atoms with E-state index in [1.807, 2.05) is 49.4 Å². The molecular formula is C27H28ClN5O3. The van der Waals surface area contributed by atoms with Crippen LogP contribution in [-0.4, -0.2) is 52.5 Å². The summed E-state index contributed by atoms with van der Waals surface area (Å²) in [6.07, 6.45) is 3.31. The zero-order valence-electron chi connectivity index (χ0n) is 20.3. The van der Waals surface area contributed by atoms with Gasteiger partial charge in [0.2, 0.25) is 5.95 Å². The first-order valence-electron chi connectivity index (χ1n) is 12.0. The van der Waals surface area contributed by atoms with Gasteiger partial charge in [-0.15, -0.1) is 0 Å². The maximum Gasteiger partial charge on any atom is 0.260 e. The second-order valence-corrected chi connectivity index (χ2v) is 9.30. The number of halogens is 1. The lowest BCUT2D eigenvalue weighted by Gasteiger charge is -2.15. The summed E-state index contributed by atoms with van der Waals surface area (Å²) >= 11 is 6.73. The lowest BCUT2D eigenvalue weighted by Crippen LogP contribution is -2.25. The Morgan fingerprint density at radius 2 is 2.08 bits per heavy atom. The molecule has 1 aromatic carbocycles.